The Morgan fingerprint density at radius 3 is 2.68 bits per heavy atom. The van der Waals surface area contributed by atoms with Crippen molar-refractivity contribution >= 4 is 11.8 Å². The van der Waals surface area contributed by atoms with E-state index in [9.17, 15) is 0 Å². The average Bonchev–Trinajstić information content (AvgIpc) is 3.03. The Kier molecular flexibility index (Phi) is 4.72. The molecular weight excluding hydrogens is 298 g/mol. The summed E-state index contributed by atoms with van der Waals surface area (Å²) in [5.41, 5.74) is 0.900. The van der Waals surface area contributed by atoms with Gasteiger partial charge in [-0.25, -0.2) is 4.98 Å². The third kappa shape index (κ3) is 3.66. The first-order valence-electron chi connectivity index (χ1n) is 6.84. The van der Waals surface area contributed by atoms with Crippen molar-refractivity contribution in [1.29, 1.82) is 0 Å². The van der Waals surface area contributed by atoms with Gasteiger partial charge in [-0.2, -0.15) is 0 Å². The molecule has 0 aliphatic carbocycles. The second-order valence-corrected chi connectivity index (χ2v) is 5.54. The van der Waals surface area contributed by atoms with E-state index >= 15 is 0 Å². The van der Waals surface area contributed by atoms with Crippen LogP contribution in [0.1, 0.15) is 0 Å². The highest BCUT2D eigenvalue weighted by molar-refractivity contribution is 7.99. The van der Waals surface area contributed by atoms with Gasteiger partial charge >= 0.3 is 0 Å². The van der Waals surface area contributed by atoms with Gasteiger partial charge < -0.3 is 9.84 Å². The lowest BCUT2D eigenvalue weighted by atomic mass is 10.2. The summed E-state index contributed by atoms with van der Waals surface area (Å²) in [7, 11) is 0. The number of aliphatic hydroxyl groups excluding tert-OH is 1. The number of hydrogen-bond donors (Lipinski definition) is 2. The first-order valence-corrected chi connectivity index (χ1v) is 7.83. The molecule has 0 unspecified atom stereocenters. The number of nitrogens with zero attached hydrogens (tertiary/aromatic N) is 2. The van der Waals surface area contributed by atoms with Crippen molar-refractivity contribution in [2.45, 2.75) is 5.16 Å². The van der Waals surface area contributed by atoms with Crippen LogP contribution < -0.4 is 4.74 Å². The minimum Gasteiger partial charge on any atom is -0.457 e. The number of para-hydroxylation sites is 1. The predicted molar refractivity (Wildman–Crippen MR) is 86.1 cm³/mol. The summed E-state index contributed by atoms with van der Waals surface area (Å²) in [6.07, 6.45) is 0. The number of nitrogens with one attached hydrogen (secondary N) is 1. The number of aliphatic hydroxyl groups is 1. The third-order valence-corrected chi connectivity index (χ3v) is 3.70. The average molecular weight is 313 g/mol. The van der Waals surface area contributed by atoms with Gasteiger partial charge in [-0.1, -0.05) is 42.1 Å². The first kappa shape index (κ1) is 14.6. The predicted octanol–water partition coefficient (Wildman–Crippen LogP) is 3.35. The molecular formula is C16H15N3O2S. The van der Waals surface area contributed by atoms with Crippen LogP contribution >= 0.6 is 11.8 Å². The van der Waals surface area contributed by atoms with Crippen LogP contribution in [0, 0.1) is 0 Å². The van der Waals surface area contributed by atoms with Crippen molar-refractivity contribution in [3.63, 3.8) is 0 Å². The molecule has 0 atom stereocenters. The molecule has 2 aromatic carbocycles. The van der Waals surface area contributed by atoms with Crippen LogP contribution in [0.3, 0.4) is 0 Å². The normalized spacial score (nSPS) is 10.6. The Bertz CT molecular complexity index is 731. The van der Waals surface area contributed by atoms with Gasteiger partial charge in [0.2, 0.25) is 5.16 Å². The maximum Gasteiger partial charge on any atom is 0.208 e. The third-order valence-electron chi connectivity index (χ3n) is 2.87. The number of hydrogen-bond acceptors (Lipinski definition) is 5. The topological polar surface area (TPSA) is 71.0 Å². The van der Waals surface area contributed by atoms with Crippen LogP contribution in [0.2, 0.25) is 0 Å². The standard InChI is InChI=1S/C16H15N3O2S/c20-9-10-22-16-17-15(18-19-16)12-5-4-8-14(11-12)21-13-6-2-1-3-7-13/h1-8,11,20H,9-10H2,(H,17,18,19). The SMILES string of the molecule is OCCSc1n[nH]c(-c2cccc(Oc3ccccc3)c2)n1. The van der Waals surface area contributed by atoms with Gasteiger partial charge in [-0.05, 0) is 24.3 Å². The molecule has 0 amide bonds. The Labute approximate surface area is 132 Å². The number of ether oxygens (including phenoxy) is 1. The molecule has 5 nitrogen and oxygen atoms in total. The van der Waals surface area contributed by atoms with Crippen molar-refractivity contribution in [2.24, 2.45) is 0 Å². The number of H-pyrrole nitrogens is 1. The lowest BCUT2D eigenvalue weighted by Gasteiger charge is -2.06. The van der Waals surface area contributed by atoms with Gasteiger partial charge in [0.1, 0.15) is 11.5 Å². The number of benzene rings is 2. The second-order valence-electron chi connectivity index (χ2n) is 4.48. The molecule has 0 aliphatic heterocycles. The van der Waals surface area contributed by atoms with E-state index in [0.29, 0.717) is 16.7 Å². The lowest BCUT2D eigenvalue weighted by Crippen LogP contribution is -1.87. The van der Waals surface area contributed by atoms with Gasteiger partial charge in [-0.3, -0.25) is 5.10 Å². The number of aromatic amines is 1. The molecule has 2 N–H and O–H groups in total. The molecule has 6 heteroatoms. The molecule has 0 saturated carbocycles. The quantitative estimate of drug-likeness (QED) is 0.683. The summed E-state index contributed by atoms with van der Waals surface area (Å²) in [5, 5.41) is 16.5. The summed E-state index contributed by atoms with van der Waals surface area (Å²) >= 11 is 1.41. The van der Waals surface area contributed by atoms with Gasteiger partial charge in [0.05, 0.1) is 6.61 Å². The molecule has 0 radical (unpaired) electrons. The van der Waals surface area contributed by atoms with E-state index in [0.717, 1.165) is 17.1 Å². The van der Waals surface area contributed by atoms with Crippen LogP contribution in [0.5, 0.6) is 11.5 Å². The molecule has 0 saturated heterocycles. The zero-order valence-corrected chi connectivity index (χ0v) is 12.6. The first-order chi connectivity index (χ1) is 10.8. The minimum absolute atomic E-state index is 0.106. The van der Waals surface area contributed by atoms with Crippen molar-refractivity contribution < 1.29 is 9.84 Å². The molecule has 3 rings (SSSR count). The van der Waals surface area contributed by atoms with Crippen molar-refractivity contribution in [3.8, 4) is 22.9 Å². The fraction of sp³-hybridized carbons (Fsp3) is 0.125. The van der Waals surface area contributed by atoms with Crippen molar-refractivity contribution in [2.75, 3.05) is 12.4 Å². The molecule has 3 aromatic rings. The zero-order valence-electron chi connectivity index (χ0n) is 11.8. The monoisotopic (exact) mass is 313 g/mol. The van der Waals surface area contributed by atoms with Gasteiger partial charge in [0, 0.05) is 11.3 Å². The van der Waals surface area contributed by atoms with Crippen molar-refractivity contribution in [3.05, 3.63) is 54.6 Å². The molecule has 0 bridgehead atoms. The summed E-state index contributed by atoms with van der Waals surface area (Å²) < 4.78 is 5.81. The van der Waals surface area contributed by atoms with E-state index < -0.39 is 0 Å². The Balaban J connectivity index is 1.77. The number of rotatable bonds is 6. The van der Waals surface area contributed by atoms with E-state index in [2.05, 4.69) is 15.2 Å². The lowest BCUT2D eigenvalue weighted by molar-refractivity contribution is 0.322. The second kappa shape index (κ2) is 7.11. The van der Waals surface area contributed by atoms with Gasteiger partial charge in [0.15, 0.2) is 5.82 Å². The summed E-state index contributed by atoms with van der Waals surface area (Å²) in [6, 6.07) is 17.3. The number of aromatic nitrogens is 3. The molecule has 22 heavy (non-hydrogen) atoms. The van der Waals surface area contributed by atoms with E-state index in [1.54, 1.807) is 0 Å². The van der Waals surface area contributed by atoms with Crippen LogP contribution in [-0.4, -0.2) is 32.6 Å². The highest BCUT2D eigenvalue weighted by Crippen LogP contribution is 2.26. The molecule has 0 fully saturated rings. The van der Waals surface area contributed by atoms with Crippen LogP contribution in [0.4, 0.5) is 0 Å². The van der Waals surface area contributed by atoms with Crippen LogP contribution in [-0.2, 0) is 0 Å². The Morgan fingerprint density at radius 1 is 1.05 bits per heavy atom. The molecule has 1 heterocycles. The molecule has 1 aromatic heterocycles. The summed E-state index contributed by atoms with van der Waals surface area (Å²) in [6.45, 7) is 0.106. The molecule has 112 valence electrons. The van der Waals surface area contributed by atoms with E-state index in [1.165, 1.54) is 11.8 Å². The maximum atomic E-state index is 8.82. The van der Waals surface area contributed by atoms with E-state index in [1.807, 2.05) is 54.6 Å². The molecule has 0 spiro atoms. The maximum absolute atomic E-state index is 8.82. The highest BCUT2D eigenvalue weighted by Gasteiger charge is 2.07. The Morgan fingerprint density at radius 2 is 1.86 bits per heavy atom. The highest BCUT2D eigenvalue weighted by atomic mass is 32.2. The van der Waals surface area contributed by atoms with E-state index in [-0.39, 0.29) is 6.61 Å². The number of thioether (sulfide) groups is 1. The van der Waals surface area contributed by atoms with E-state index in [4.69, 9.17) is 9.84 Å². The van der Waals surface area contributed by atoms with Crippen LogP contribution in [0.25, 0.3) is 11.4 Å². The molecule has 0 aliphatic rings. The van der Waals surface area contributed by atoms with Crippen LogP contribution in [0.15, 0.2) is 59.8 Å². The smallest absolute Gasteiger partial charge is 0.208 e. The van der Waals surface area contributed by atoms with Gasteiger partial charge in [0.25, 0.3) is 0 Å². The minimum atomic E-state index is 0.106. The zero-order chi connectivity index (χ0) is 15.2. The summed E-state index contributed by atoms with van der Waals surface area (Å²) in [5.74, 6) is 2.79. The largest absolute Gasteiger partial charge is 0.457 e. The Hall–Kier alpha value is -2.31. The fourth-order valence-corrected chi connectivity index (χ4v) is 2.45. The summed E-state index contributed by atoms with van der Waals surface area (Å²) in [4.78, 5) is 4.40. The van der Waals surface area contributed by atoms with Gasteiger partial charge in [-0.15, -0.1) is 5.10 Å². The fourth-order valence-electron chi connectivity index (χ4n) is 1.91. The van der Waals surface area contributed by atoms with Crippen molar-refractivity contribution in [1.82, 2.24) is 15.2 Å².